The quantitative estimate of drug-likeness (QED) is 0.809. The van der Waals surface area contributed by atoms with Crippen LogP contribution in [0.4, 0.5) is 4.79 Å². The molecule has 4 atom stereocenters. The molecule has 3 fully saturated rings. The first-order valence-corrected chi connectivity index (χ1v) is 10.3. The molecule has 2 aliphatic heterocycles. The van der Waals surface area contributed by atoms with Gasteiger partial charge in [0.05, 0.1) is 17.9 Å². The molecule has 1 aromatic rings. The maximum atomic E-state index is 12.9. The van der Waals surface area contributed by atoms with Crippen LogP contribution < -0.4 is 5.32 Å². The minimum Gasteiger partial charge on any atom is -0.481 e. The molecule has 1 aliphatic carbocycles. The molecule has 0 aromatic heterocycles. The van der Waals surface area contributed by atoms with Crippen molar-refractivity contribution in [3.8, 4) is 0 Å². The van der Waals surface area contributed by atoms with Gasteiger partial charge in [-0.05, 0) is 55.6 Å². The Bertz CT molecular complexity index is 824. The minimum absolute atomic E-state index is 0.124. The summed E-state index contributed by atoms with van der Waals surface area (Å²) in [6.45, 7) is 5.61. The second kappa shape index (κ2) is 7.35. The number of likely N-dealkylation sites (tertiary alicyclic amines) is 1. The van der Waals surface area contributed by atoms with E-state index in [1.165, 1.54) is 5.56 Å². The molecule has 2 N–H and O–H groups in total. The fourth-order valence-electron chi connectivity index (χ4n) is 4.78. The number of hydrogen-bond donors (Lipinski definition) is 2. The van der Waals surface area contributed by atoms with Crippen molar-refractivity contribution in [2.75, 3.05) is 26.2 Å². The first kappa shape index (κ1) is 19.7. The van der Waals surface area contributed by atoms with E-state index >= 15 is 0 Å². The number of amides is 2. The van der Waals surface area contributed by atoms with Crippen LogP contribution in [0.2, 0.25) is 0 Å². The van der Waals surface area contributed by atoms with Crippen LogP contribution in [0.25, 0.3) is 0 Å². The second-order valence-electron chi connectivity index (χ2n) is 9.01. The summed E-state index contributed by atoms with van der Waals surface area (Å²) < 4.78 is 4.96. The van der Waals surface area contributed by atoms with Gasteiger partial charge in [-0.3, -0.25) is 9.59 Å². The molecule has 0 bridgehead atoms. The number of nitrogens with one attached hydrogen (secondary N) is 1. The van der Waals surface area contributed by atoms with Crippen molar-refractivity contribution < 1.29 is 24.2 Å². The lowest BCUT2D eigenvalue weighted by atomic mass is 9.83. The van der Waals surface area contributed by atoms with Gasteiger partial charge in [0.25, 0.3) is 0 Å². The van der Waals surface area contributed by atoms with Gasteiger partial charge in [-0.25, -0.2) is 4.79 Å². The molecule has 0 spiro atoms. The van der Waals surface area contributed by atoms with Gasteiger partial charge in [-0.15, -0.1) is 0 Å². The number of benzene rings is 1. The van der Waals surface area contributed by atoms with Crippen molar-refractivity contribution in [2.45, 2.75) is 38.0 Å². The molecule has 7 heteroatoms. The Hall–Kier alpha value is -2.57. The number of fused-ring (bicyclic) bond motifs is 1. The van der Waals surface area contributed by atoms with Gasteiger partial charge in [-0.1, -0.05) is 24.3 Å². The summed E-state index contributed by atoms with van der Waals surface area (Å²) in [5.41, 5.74) is 1.07. The predicted molar refractivity (Wildman–Crippen MR) is 105 cm³/mol. The molecular formula is C22H28N2O5. The SMILES string of the molecule is CC(C)(C(=O)O)c1cccc([C@H]2[C@@H]3CN(C(=O)[C@@H]4CCCOC(=O)NC4)C[C@@H]32)c1. The zero-order valence-electron chi connectivity index (χ0n) is 16.9. The highest BCUT2D eigenvalue weighted by molar-refractivity contribution is 5.81. The van der Waals surface area contributed by atoms with E-state index in [9.17, 15) is 19.5 Å². The fourth-order valence-corrected chi connectivity index (χ4v) is 4.78. The van der Waals surface area contributed by atoms with Crippen LogP contribution in [-0.4, -0.2) is 54.2 Å². The molecule has 0 radical (unpaired) electrons. The molecule has 2 amide bonds. The smallest absolute Gasteiger partial charge is 0.407 e. The monoisotopic (exact) mass is 400 g/mol. The van der Waals surface area contributed by atoms with Gasteiger partial charge < -0.3 is 20.1 Å². The number of ether oxygens (including phenoxy) is 1. The number of piperidine rings is 1. The van der Waals surface area contributed by atoms with Crippen molar-refractivity contribution in [1.82, 2.24) is 10.2 Å². The average Bonchev–Trinajstić information content (AvgIpc) is 3.18. The van der Waals surface area contributed by atoms with E-state index in [4.69, 9.17) is 4.74 Å². The Kier molecular flexibility index (Phi) is 5.00. The van der Waals surface area contributed by atoms with E-state index in [0.29, 0.717) is 37.3 Å². The first-order chi connectivity index (χ1) is 13.8. The predicted octanol–water partition coefficient (Wildman–Crippen LogP) is 2.36. The van der Waals surface area contributed by atoms with Crippen LogP contribution in [0.3, 0.4) is 0 Å². The Morgan fingerprint density at radius 1 is 1.24 bits per heavy atom. The normalized spacial score (nSPS) is 29.2. The van der Waals surface area contributed by atoms with Crippen LogP contribution in [-0.2, 0) is 19.7 Å². The number of carboxylic acids is 1. The van der Waals surface area contributed by atoms with E-state index in [1.807, 2.05) is 23.1 Å². The zero-order chi connectivity index (χ0) is 20.8. The second-order valence-corrected chi connectivity index (χ2v) is 9.01. The molecule has 1 aromatic carbocycles. The molecule has 4 rings (SSSR count). The highest BCUT2D eigenvalue weighted by Crippen LogP contribution is 2.58. The molecule has 156 valence electrons. The number of aliphatic carboxylic acids is 1. The fraction of sp³-hybridized carbons (Fsp3) is 0.591. The van der Waals surface area contributed by atoms with Crippen molar-refractivity contribution >= 4 is 18.0 Å². The third-order valence-electron chi connectivity index (χ3n) is 6.81. The van der Waals surface area contributed by atoms with Gasteiger partial charge in [0, 0.05) is 19.6 Å². The molecule has 3 aliphatic rings. The van der Waals surface area contributed by atoms with Crippen LogP contribution in [0, 0.1) is 17.8 Å². The summed E-state index contributed by atoms with van der Waals surface area (Å²) in [6.07, 6.45) is 0.982. The summed E-state index contributed by atoms with van der Waals surface area (Å²) in [5, 5.41) is 12.2. The lowest BCUT2D eigenvalue weighted by molar-refractivity contribution is -0.142. The highest BCUT2D eigenvalue weighted by atomic mass is 16.5. The van der Waals surface area contributed by atoms with Gasteiger partial charge in [0.1, 0.15) is 0 Å². The maximum Gasteiger partial charge on any atom is 0.407 e. The number of rotatable bonds is 4. The number of alkyl carbamates (subject to hydrolysis) is 1. The van der Waals surface area contributed by atoms with Gasteiger partial charge in [-0.2, -0.15) is 0 Å². The van der Waals surface area contributed by atoms with Crippen LogP contribution in [0.1, 0.15) is 43.7 Å². The van der Waals surface area contributed by atoms with Crippen LogP contribution in [0.15, 0.2) is 24.3 Å². The van der Waals surface area contributed by atoms with Crippen molar-refractivity contribution in [2.24, 2.45) is 17.8 Å². The maximum absolute atomic E-state index is 12.9. The van der Waals surface area contributed by atoms with E-state index in [1.54, 1.807) is 13.8 Å². The molecular weight excluding hydrogens is 372 g/mol. The Morgan fingerprint density at radius 2 is 1.97 bits per heavy atom. The molecule has 2 saturated heterocycles. The zero-order valence-corrected chi connectivity index (χ0v) is 16.9. The average molecular weight is 400 g/mol. The summed E-state index contributed by atoms with van der Waals surface area (Å²) >= 11 is 0. The lowest BCUT2D eigenvalue weighted by Gasteiger charge is -2.27. The number of carboxylic acid groups (broad SMARTS) is 1. The number of cyclic esters (lactones) is 1. The summed E-state index contributed by atoms with van der Waals surface area (Å²) in [5.74, 6) is 0.382. The van der Waals surface area contributed by atoms with E-state index in [0.717, 1.165) is 25.1 Å². The highest BCUT2D eigenvalue weighted by Gasteiger charge is 2.57. The molecule has 1 saturated carbocycles. The first-order valence-electron chi connectivity index (χ1n) is 10.3. The number of carbonyl (C=O) groups excluding carboxylic acids is 2. The third-order valence-corrected chi connectivity index (χ3v) is 6.81. The molecule has 7 nitrogen and oxygen atoms in total. The van der Waals surface area contributed by atoms with E-state index in [-0.39, 0.29) is 11.8 Å². The van der Waals surface area contributed by atoms with Crippen molar-refractivity contribution in [1.29, 1.82) is 0 Å². The van der Waals surface area contributed by atoms with E-state index < -0.39 is 17.5 Å². The summed E-state index contributed by atoms with van der Waals surface area (Å²) in [7, 11) is 0. The van der Waals surface area contributed by atoms with Crippen LogP contribution >= 0.6 is 0 Å². The van der Waals surface area contributed by atoms with Crippen LogP contribution in [0.5, 0.6) is 0 Å². The summed E-state index contributed by atoms with van der Waals surface area (Å²) in [6, 6.07) is 7.90. The Labute approximate surface area is 170 Å². The molecule has 2 heterocycles. The number of hydrogen-bond acceptors (Lipinski definition) is 4. The molecule has 0 unspecified atom stereocenters. The topological polar surface area (TPSA) is 95.9 Å². The third kappa shape index (κ3) is 3.70. The van der Waals surface area contributed by atoms with Crippen molar-refractivity contribution in [3.05, 3.63) is 35.4 Å². The van der Waals surface area contributed by atoms with Gasteiger partial charge >= 0.3 is 12.1 Å². The van der Waals surface area contributed by atoms with E-state index in [2.05, 4.69) is 11.4 Å². The standard InChI is InChI=1S/C22H28N2O5/c1-22(2,20(26)27)15-7-3-5-13(9-15)18-16-11-24(12-17(16)18)19(25)14-6-4-8-29-21(28)23-10-14/h3,5,7,9,14,16-18H,4,6,8,10-12H2,1-2H3,(H,23,28)(H,26,27)/t14-,16-,17+,18+/m1/s1. The van der Waals surface area contributed by atoms with Crippen molar-refractivity contribution in [3.63, 3.8) is 0 Å². The number of carbonyl (C=O) groups is 3. The van der Waals surface area contributed by atoms with Gasteiger partial charge in [0.2, 0.25) is 5.91 Å². The Morgan fingerprint density at radius 3 is 2.66 bits per heavy atom. The lowest BCUT2D eigenvalue weighted by Crippen LogP contribution is -2.43. The minimum atomic E-state index is -0.922. The largest absolute Gasteiger partial charge is 0.481 e. The number of nitrogens with zero attached hydrogens (tertiary/aromatic N) is 1. The summed E-state index contributed by atoms with van der Waals surface area (Å²) in [4.78, 5) is 37.9. The Balaban J connectivity index is 1.38. The van der Waals surface area contributed by atoms with Gasteiger partial charge in [0.15, 0.2) is 0 Å². The molecule has 29 heavy (non-hydrogen) atoms.